The van der Waals surface area contributed by atoms with Gasteiger partial charge < -0.3 is 9.52 Å². The van der Waals surface area contributed by atoms with Crippen LogP contribution < -0.4 is 0 Å². The Balaban J connectivity index is 2.58. The molecule has 1 aromatic rings. The van der Waals surface area contributed by atoms with Crippen molar-refractivity contribution in [3.8, 4) is 0 Å². The van der Waals surface area contributed by atoms with Crippen molar-refractivity contribution < 1.29 is 19.1 Å². The Morgan fingerprint density at radius 1 is 1.53 bits per heavy atom. The lowest BCUT2D eigenvalue weighted by Gasteiger charge is -2.26. The number of carbonyl (C=O) groups excluding carboxylic acids is 1. The van der Waals surface area contributed by atoms with Crippen molar-refractivity contribution in [1.29, 1.82) is 0 Å². The summed E-state index contributed by atoms with van der Waals surface area (Å²) < 4.78 is 5.11. The maximum Gasteiger partial charge on any atom is 0.339 e. The Bertz CT molecular complexity index is 439. The van der Waals surface area contributed by atoms with Gasteiger partial charge in [-0.05, 0) is 6.42 Å². The highest BCUT2D eigenvalue weighted by Crippen LogP contribution is 2.37. The SMILES string of the molecule is CC1(C)CCc2occ(C(=O)O)c2C1=O. The molecule has 0 spiro atoms. The molecule has 0 aliphatic heterocycles. The first-order valence-electron chi connectivity index (χ1n) is 4.82. The van der Waals surface area contributed by atoms with E-state index in [1.807, 2.05) is 13.8 Å². The molecule has 0 saturated heterocycles. The van der Waals surface area contributed by atoms with E-state index >= 15 is 0 Å². The maximum absolute atomic E-state index is 12.0. The monoisotopic (exact) mass is 208 g/mol. The van der Waals surface area contributed by atoms with Crippen LogP contribution in [0, 0.1) is 5.41 Å². The summed E-state index contributed by atoms with van der Waals surface area (Å²) >= 11 is 0. The number of carboxylic acids is 1. The van der Waals surface area contributed by atoms with Crippen molar-refractivity contribution in [2.45, 2.75) is 26.7 Å². The molecule has 0 radical (unpaired) electrons. The number of furan rings is 1. The maximum atomic E-state index is 12.0. The van der Waals surface area contributed by atoms with Crippen LogP contribution in [0.4, 0.5) is 0 Å². The van der Waals surface area contributed by atoms with Gasteiger partial charge in [0.15, 0.2) is 5.78 Å². The van der Waals surface area contributed by atoms with Crippen LogP contribution in [-0.4, -0.2) is 16.9 Å². The molecule has 1 aromatic heterocycles. The second kappa shape index (κ2) is 2.95. The molecular formula is C11H12O4. The van der Waals surface area contributed by atoms with Gasteiger partial charge in [0.05, 0.1) is 5.56 Å². The van der Waals surface area contributed by atoms with E-state index in [-0.39, 0.29) is 16.9 Å². The summed E-state index contributed by atoms with van der Waals surface area (Å²) in [7, 11) is 0. The second-order valence-corrected chi connectivity index (χ2v) is 4.47. The molecule has 1 aliphatic rings. The van der Waals surface area contributed by atoms with Crippen molar-refractivity contribution in [2.24, 2.45) is 5.41 Å². The molecule has 15 heavy (non-hydrogen) atoms. The molecule has 0 bridgehead atoms. The summed E-state index contributed by atoms with van der Waals surface area (Å²) in [4.78, 5) is 22.9. The van der Waals surface area contributed by atoms with Crippen molar-refractivity contribution >= 4 is 11.8 Å². The number of carboxylic acid groups (broad SMARTS) is 1. The highest BCUT2D eigenvalue weighted by Gasteiger charge is 2.39. The van der Waals surface area contributed by atoms with Gasteiger partial charge in [0.25, 0.3) is 0 Å². The molecule has 1 N–H and O–H groups in total. The summed E-state index contributed by atoms with van der Waals surface area (Å²) in [6.07, 6.45) is 2.49. The zero-order valence-corrected chi connectivity index (χ0v) is 8.66. The minimum Gasteiger partial charge on any atom is -0.478 e. The fourth-order valence-electron chi connectivity index (χ4n) is 1.87. The number of aryl methyl sites for hydroxylation is 1. The van der Waals surface area contributed by atoms with Crippen LogP contribution in [0.5, 0.6) is 0 Å². The summed E-state index contributed by atoms with van der Waals surface area (Å²) in [6.45, 7) is 3.66. The molecule has 4 heteroatoms. The molecule has 4 nitrogen and oxygen atoms in total. The molecule has 80 valence electrons. The topological polar surface area (TPSA) is 67.5 Å². The summed E-state index contributed by atoms with van der Waals surface area (Å²) in [5.74, 6) is -0.724. The van der Waals surface area contributed by atoms with Crippen molar-refractivity contribution in [3.63, 3.8) is 0 Å². The van der Waals surface area contributed by atoms with Crippen molar-refractivity contribution in [2.75, 3.05) is 0 Å². The van der Waals surface area contributed by atoms with Gasteiger partial charge in [-0.2, -0.15) is 0 Å². The van der Waals surface area contributed by atoms with Crippen LogP contribution in [0.25, 0.3) is 0 Å². The van der Waals surface area contributed by atoms with Crippen LogP contribution in [-0.2, 0) is 6.42 Å². The highest BCUT2D eigenvalue weighted by atomic mass is 16.4. The molecule has 0 atom stereocenters. The standard InChI is InChI=1S/C11H12O4/c1-11(2)4-3-7-8(9(11)12)6(5-15-7)10(13)14/h5H,3-4H2,1-2H3,(H,13,14). The van der Waals surface area contributed by atoms with E-state index in [0.29, 0.717) is 18.6 Å². The van der Waals surface area contributed by atoms with Gasteiger partial charge in [0.1, 0.15) is 17.6 Å². The fraction of sp³-hybridized carbons (Fsp3) is 0.455. The number of aromatic carboxylic acids is 1. The third-order valence-corrected chi connectivity index (χ3v) is 2.92. The van der Waals surface area contributed by atoms with Gasteiger partial charge in [0.2, 0.25) is 0 Å². The molecular weight excluding hydrogens is 196 g/mol. The Labute approximate surface area is 86.9 Å². The normalized spacial score (nSPS) is 18.7. The van der Waals surface area contributed by atoms with E-state index in [2.05, 4.69) is 0 Å². The van der Waals surface area contributed by atoms with Crippen LogP contribution >= 0.6 is 0 Å². The number of fused-ring (bicyclic) bond motifs is 1. The molecule has 0 amide bonds. The lowest BCUT2D eigenvalue weighted by molar-refractivity contribution is 0.0684. The zero-order valence-electron chi connectivity index (χ0n) is 8.66. The van der Waals surface area contributed by atoms with Crippen LogP contribution in [0.3, 0.4) is 0 Å². The van der Waals surface area contributed by atoms with Gasteiger partial charge in [-0.3, -0.25) is 4.79 Å². The van der Waals surface area contributed by atoms with Gasteiger partial charge in [0, 0.05) is 11.8 Å². The first kappa shape index (κ1) is 9.96. The highest BCUT2D eigenvalue weighted by molar-refractivity contribution is 6.09. The number of carbonyl (C=O) groups is 2. The Hall–Kier alpha value is -1.58. The largest absolute Gasteiger partial charge is 0.478 e. The van der Waals surface area contributed by atoms with E-state index in [4.69, 9.17) is 9.52 Å². The fourth-order valence-corrected chi connectivity index (χ4v) is 1.87. The lowest BCUT2D eigenvalue weighted by Crippen LogP contribution is -2.30. The van der Waals surface area contributed by atoms with Crippen LogP contribution in [0.2, 0.25) is 0 Å². The Morgan fingerprint density at radius 3 is 2.80 bits per heavy atom. The number of hydrogen-bond acceptors (Lipinski definition) is 3. The lowest BCUT2D eigenvalue weighted by atomic mass is 9.74. The van der Waals surface area contributed by atoms with Crippen molar-refractivity contribution in [3.05, 3.63) is 23.2 Å². The van der Waals surface area contributed by atoms with Crippen LogP contribution in [0.15, 0.2) is 10.7 Å². The van der Waals surface area contributed by atoms with E-state index < -0.39 is 11.4 Å². The quantitative estimate of drug-likeness (QED) is 0.767. The average Bonchev–Trinajstić information content (AvgIpc) is 2.55. The number of Topliss-reactive ketones (excluding diaryl/α,β-unsaturated/α-hetero) is 1. The van der Waals surface area contributed by atoms with Crippen molar-refractivity contribution in [1.82, 2.24) is 0 Å². The molecule has 1 aliphatic carbocycles. The summed E-state index contributed by atoms with van der Waals surface area (Å²) in [6, 6.07) is 0. The van der Waals surface area contributed by atoms with Gasteiger partial charge in [-0.15, -0.1) is 0 Å². The number of hydrogen-bond donors (Lipinski definition) is 1. The van der Waals surface area contributed by atoms with Gasteiger partial charge >= 0.3 is 5.97 Å². The molecule has 0 saturated carbocycles. The number of rotatable bonds is 1. The van der Waals surface area contributed by atoms with Gasteiger partial charge in [-0.25, -0.2) is 4.79 Å². The third kappa shape index (κ3) is 1.37. The molecule has 1 heterocycles. The Morgan fingerprint density at radius 2 is 2.20 bits per heavy atom. The number of ketones is 1. The first-order chi connectivity index (χ1) is 6.93. The summed E-state index contributed by atoms with van der Waals surface area (Å²) in [5, 5.41) is 8.91. The van der Waals surface area contributed by atoms with E-state index in [1.54, 1.807) is 0 Å². The van der Waals surface area contributed by atoms with E-state index in [9.17, 15) is 9.59 Å². The molecule has 0 fully saturated rings. The zero-order chi connectivity index (χ0) is 11.2. The molecule has 0 unspecified atom stereocenters. The molecule has 2 rings (SSSR count). The minimum atomic E-state index is -1.11. The first-order valence-corrected chi connectivity index (χ1v) is 4.82. The third-order valence-electron chi connectivity index (χ3n) is 2.92. The smallest absolute Gasteiger partial charge is 0.339 e. The average molecular weight is 208 g/mol. The summed E-state index contributed by atoms with van der Waals surface area (Å²) in [5.41, 5.74) is -0.234. The molecule has 0 aromatic carbocycles. The van der Waals surface area contributed by atoms with E-state index in [0.717, 1.165) is 6.26 Å². The van der Waals surface area contributed by atoms with Crippen LogP contribution in [0.1, 0.15) is 46.7 Å². The van der Waals surface area contributed by atoms with Gasteiger partial charge in [-0.1, -0.05) is 13.8 Å². The predicted molar refractivity (Wildman–Crippen MR) is 52.1 cm³/mol. The minimum absolute atomic E-state index is 0.0113. The second-order valence-electron chi connectivity index (χ2n) is 4.47. The van der Waals surface area contributed by atoms with E-state index in [1.165, 1.54) is 0 Å². The predicted octanol–water partition coefficient (Wildman–Crippen LogP) is 2.13. The Kier molecular flexibility index (Phi) is 1.96.